The minimum atomic E-state index is -0.715. The third-order valence-corrected chi connectivity index (χ3v) is 3.89. The first kappa shape index (κ1) is 20.2. The van der Waals surface area contributed by atoms with Crippen molar-refractivity contribution in [1.29, 1.82) is 0 Å². The molecule has 0 radical (unpaired) electrons. The maximum Gasteiger partial charge on any atom is 0.414 e. The molecule has 2 aromatic carbocycles. The molecule has 2 rings (SSSR count). The van der Waals surface area contributed by atoms with Crippen LogP contribution in [0.4, 0.5) is 16.2 Å². The number of nitro groups is 1. The number of amides is 1. The Morgan fingerprint density at radius 3 is 2.19 bits per heavy atom. The molecule has 0 aliphatic carbocycles. The van der Waals surface area contributed by atoms with Gasteiger partial charge in [0.15, 0.2) is 0 Å². The fourth-order valence-electron chi connectivity index (χ4n) is 2.33. The van der Waals surface area contributed by atoms with E-state index < -0.39 is 16.6 Å². The number of aryl methyl sites for hydroxylation is 2. The molecule has 0 atom stereocenters. The zero-order valence-corrected chi connectivity index (χ0v) is 16.4. The van der Waals surface area contributed by atoms with Gasteiger partial charge < -0.3 is 9.47 Å². The average Bonchev–Trinajstić information content (AvgIpc) is 2.55. The van der Waals surface area contributed by atoms with Crippen LogP contribution in [-0.2, 0) is 4.74 Å². The summed E-state index contributed by atoms with van der Waals surface area (Å²) < 4.78 is 11.1. The number of anilines is 1. The number of rotatable bonds is 4. The molecule has 7 nitrogen and oxygen atoms in total. The second-order valence-corrected chi connectivity index (χ2v) is 7.30. The van der Waals surface area contributed by atoms with Gasteiger partial charge in [0.05, 0.1) is 4.92 Å². The summed E-state index contributed by atoms with van der Waals surface area (Å²) in [6, 6.07) is 9.91. The Hall–Kier alpha value is -3.09. The highest BCUT2D eigenvalue weighted by molar-refractivity contribution is 5.90. The Bertz CT molecular complexity index is 871. The second-order valence-electron chi connectivity index (χ2n) is 7.30. The van der Waals surface area contributed by atoms with Gasteiger partial charge in [-0.15, -0.1) is 0 Å². The van der Waals surface area contributed by atoms with E-state index >= 15 is 0 Å². The topological polar surface area (TPSA) is 81.9 Å². The highest BCUT2D eigenvalue weighted by atomic mass is 16.6. The molecule has 0 saturated heterocycles. The van der Waals surface area contributed by atoms with E-state index in [4.69, 9.17) is 9.47 Å². The highest BCUT2D eigenvalue weighted by Gasteiger charge is 2.26. The number of carbonyl (C=O) groups is 1. The number of hydrogen-bond donors (Lipinski definition) is 0. The summed E-state index contributed by atoms with van der Waals surface area (Å²) in [4.78, 5) is 24.3. The van der Waals surface area contributed by atoms with E-state index in [0.717, 1.165) is 16.0 Å². The molecule has 0 aliphatic heterocycles. The first-order valence-corrected chi connectivity index (χ1v) is 8.48. The summed E-state index contributed by atoms with van der Waals surface area (Å²) in [5, 5.41) is 11.4. The Morgan fingerprint density at radius 2 is 1.63 bits per heavy atom. The third kappa shape index (κ3) is 5.20. The summed E-state index contributed by atoms with van der Waals surface area (Å²) in [6.07, 6.45) is -0.686. The lowest BCUT2D eigenvalue weighted by Crippen LogP contribution is -2.34. The van der Waals surface area contributed by atoms with E-state index in [1.54, 1.807) is 20.8 Å². The Kier molecular flexibility index (Phi) is 5.73. The van der Waals surface area contributed by atoms with Crippen molar-refractivity contribution in [3.05, 3.63) is 57.6 Å². The van der Waals surface area contributed by atoms with E-state index in [1.165, 1.54) is 25.2 Å². The number of benzene rings is 2. The van der Waals surface area contributed by atoms with E-state index in [-0.39, 0.29) is 11.4 Å². The molecule has 2 aromatic rings. The van der Waals surface area contributed by atoms with Crippen LogP contribution in [0.3, 0.4) is 0 Å². The molecule has 27 heavy (non-hydrogen) atoms. The minimum Gasteiger partial charge on any atom is -0.457 e. The maximum absolute atomic E-state index is 12.3. The Morgan fingerprint density at radius 1 is 1.04 bits per heavy atom. The van der Waals surface area contributed by atoms with Crippen LogP contribution in [0.25, 0.3) is 0 Å². The van der Waals surface area contributed by atoms with E-state index in [0.29, 0.717) is 11.5 Å². The van der Waals surface area contributed by atoms with Crippen molar-refractivity contribution in [1.82, 2.24) is 0 Å². The van der Waals surface area contributed by atoms with Gasteiger partial charge in [0.25, 0.3) is 5.69 Å². The molecule has 144 valence electrons. The fourth-order valence-corrected chi connectivity index (χ4v) is 2.33. The van der Waals surface area contributed by atoms with Gasteiger partial charge in [-0.25, -0.2) is 4.79 Å². The monoisotopic (exact) mass is 372 g/mol. The van der Waals surface area contributed by atoms with Crippen LogP contribution in [0.1, 0.15) is 31.9 Å². The van der Waals surface area contributed by atoms with Crippen LogP contribution in [0, 0.1) is 24.0 Å². The summed E-state index contributed by atoms with van der Waals surface area (Å²) in [5.74, 6) is 0.993. The highest BCUT2D eigenvalue weighted by Crippen LogP contribution is 2.34. The predicted octanol–water partition coefficient (Wildman–Crippen LogP) is 5.38. The SMILES string of the molecule is Cc1ccc(Oc2ccc([N+](=O)[O-])c(N(C)C(=O)OC(C)(C)C)c2)cc1C. The van der Waals surface area contributed by atoms with Gasteiger partial charge in [0, 0.05) is 19.2 Å². The van der Waals surface area contributed by atoms with Crippen molar-refractivity contribution < 1.29 is 19.2 Å². The molecule has 0 saturated carbocycles. The minimum absolute atomic E-state index is 0.0931. The lowest BCUT2D eigenvalue weighted by molar-refractivity contribution is -0.384. The first-order chi connectivity index (χ1) is 12.5. The summed E-state index contributed by atoms with van der Waals surface area (Å²) in [6.45, 7) is 9.16. The molecular weight excluding hydrogens is 348 g/mol. The van der Waals surface area contributed by atoms with E-state index in [9.17, 15) is 14.9 Å². The van der Waals surface area contributed by atoms with Gasteiger partial charge in [-0.2, -0.15) is 0 Å². The third-order valence-electron chi connectivity index (χ3n) is 3.89. The van der Waals surface area contributed by atoms with Crippen LogP contribution >= 0.6 is 0 Å². The number of ether oxygens (including phenoxy) is 2. The Balaban J connectivity index is 2.37. The van der Waals surface area contributed by atoms with Gasteiger partial charge >= 0.3 is 6.09 Å². The van der Waals surface area contributed by atoms with Crippen LogP contribution < -0.4 is 9.64 Å². The predicted molar refractivity (Wildman–Crippen MR) is 104 cm³/mol. The Labute approximate surface area is 158 Å². The van der Waals surface area contributed by atoms with Gasteiger partial charge in [0.2, 0.25) is 0 Å². The van der Waals surface area contributed by atoms with Crippen molar-refractivity contribution in [2.45, 2.75) is 40.2 Å². The van der Waals surface area contributed by atoms with Crippen molar-refractivity contribution in [3.8, 4) is 11.5 Å². The number of nitro benzene ring substituents is 1. The standard InChI is InChI=1S/C20H24N2O5/c1-13-7-8-15(11-14(13)2)26-16-9-10-17(22(24)25)18(12-16)21(6)19(23)27-20(3,4)5/h7-12H,1-6H3. The quantitative estimate of drug-likeness (QED) is 0.532. The molecule has 0 bridgehead atoms. The van der Waals surface area contributed by atoms with Crippen LogP contribution in [0.5, 0.6) is 11.5 Å². The van der Waals surface area contributed by atoms with Crippen molar-refractivity contribution in [3.63, 3.8) is 0 Å². The second kappa shape index (κ2) is 7.65. The molecule has 1 amide bonds. The molecule has 0 spiro atoms. The number of hydrogen-bond acceptors (Lipinski definition) is 5. The van der Waals surface area contributed by atoms with Crippen molar-refractivity contribution in [2.24, 2.45) is 0 Å². The zero-order chi connectivity index (χ0) is 20.4. The first-order valence-electron chi connectivity index (χ1n) is 8.48. The number of nitrogens with zero attached hydrogens (tertiary/aromatic N) is 2. The lowest BCUT2D eigenvalue weighted by atomic mass is 10.1. The molecule has 0 unspecified atom stereocenters. The molecule has 0 fully saturated rings. The molecule has 7 heteroatoms. The zero-order valence-electron chi connectivity index (χ0n) is 16.4. The lowest BCUT2D eigenvalue weighted by Gasteiger charge is -2.24. The fraction of sp³-hybridized carbons (Fsp3) is 0.350. The van der Waals surface area contributed by atoms with Crippen LogP contribution in [-0.4, -0.2) is 23.7 Å². The summed E-state index contributed by atoms with van der Waals surface area (Å²) >= 11 is 0. The summed E-state index contributed by atoms with van der Waals surface area (Å²) in [7, 11) is 1.43. The number of carbonyl (C=O) groups excluding carboxylic acids is 1. The summed E-state index contributed by atoms with van der Waals surface area (Å²) in [5.41, 5.74) is 1.37. The average molecular weight is 372 g/mol. The van der Waals surface area contributed by atoms with Gasteiger partial charge in [-0.05, 0) is 63.9 Å². The van der Waals surface area contributed by atoms with Crippen molar-refractivity contribution in [2.75, 3.05) is 11.9 Å². The van der Waals surface area contributed by atoms with Crippen LogP contribution in [0.15, 0.2) is 36.4 Å². The molecular formula is C20H24N2O5. The molecule has 0 aromatic heterocycles. The molecule has 0 aliphatic rings. The van der Waals surface area contributed by atoms with Gasteiger partial charge in [-0.1, -0.05) is 6.07 Å². The molecule has 0 N–H and O–H groups in total. The smallest absolute Gasteiger partial charge is 0.414 e. The largest absolute Gasteiger partial charge is 0.457 e. The van der Waals surface area contributed by atoms with Gasteiger partial charge in [0.1, 0.15) is 22.8 Å². The normalized spacial score (nSPS) is 11.0. The van der Waals surface area contributed by atoms with Crippen LogP contribution in [0.2, 0.25) is 0 Å². The van der Waals surface area contributed by atoms with Gasteiger partial charge in [-0.3, -0.25) is 15.0 Å². The maximum atomic E-state index is 12.3. The van der Waals surface area contributed by atoms with E-state index in [1.807, 2.05) is 32.0 Å². The van der Waals surface area contributed by atoms with E-state index in [2.05, 4.69) is 0 Å². The van der Waals surface area contributed by atoms with Crippen molar-refractivity contribution >= 4 is 17.5 Å². The molecule has 0 heterocycles.